The molecule has 3 N–H and O–H groups in total. The third-order valence-corrected chi connectivity index (χ3v) is 12.4. The molecule has 3 aromatic carbocycles. The maximum Gasteiger partial charge on any atom is 0.326 e. The SMILES string of the molecule is CCCCC(NC(=O)C(CC(=O)NOc1cc2c(cc1SC)N(c1ccccc1)CC(CCCC)(CCCC)CS2(=O)=O)c1ccccc1)C(=O)O. The molecule has 1 heterocycles. The van der Waals surface area contributed by atoms with Gasteiger partial charge in [0, 0.05) is 30.1 Å². The lowest BCUT2D eigenvalue weighted by Crippen LogP contribution is -2.44. The molecule has 2 unspecified atom stereocenters. The molecular weight excluding hydrogens is 699 g/mol. The van der Waals surface area contributed by atoms with Crippen molar-refractivity contribution in [3.05, 3.63) is 78.4 Å². The van der Waals surface area contributed by atoms with Crippen LogP contribution < -0.4 is 20.5 Å². The molecule has 10 nitrogen and oxygen atoms in total. The van der Waals surface area contributed by atoms with Gasteiger partial charge in [0.15, 0.2) is 15.6 Å². The van der Waals surface area contributed by atoms with Crippen LogP contribution in [0.25, 0.3) is 0 Å². The molecule has 0 fully saturated rings. The molecule has 0 saturated heterocycles. The van der Waals surface area contributed by atoms with Crippen molar-refractivity contribution in [3.8, 4) is 5.75 Å². The molecule has 0 spiro atoms. The number of thioether (sulfide) groups is 1. The van der Waals surface area contributed by atoms with Crippen LogP contribution in [0, 0.1) is 5.41 Å². The third-order valence-electron chi connectivity index (χ3n) is 9.69. The molecule has 0 bridgehead atoms. The number of rotatable bonds is 19. The summed E-state index contributed by atoms with van der Waals surface area (Å²) < 4.78 is 28.8. The number of aliphatic carboxylic acids is 1. The highest BCUT2D eigenvalue weighted by atomic mass is 32.2. The molecule has 12 heteroatoms. The minimum Gasteiger partial charge on any atom is -0.480 e. The van der Waals surface area contributed by atoms with E-state index in [1.165, 1.54) is 17.8 Å². The number of carboxylic acid groups (broad SMARTS) is 1. The van der Waals surface area contributed by atoms with Crippen LogP contribution in [-0.2, 0) is 24.2 Å². The Hall–Kier alpha value is -4.03. The Morgan fingerprint density at radius 3 is 2.12 bits per heavy atom. The van der Waals surface area contributed by atoms with Crippen LogP contribution >= 0.6 is 11.8 Å². The van der Waals surface area contributed by atoms with Gasteiger partial charge in [-0.2, -0.15) is 5.48 Å². The van der Waals surface area contributed by atoms with Gasteiger partial charge in [-0.3, -0.25) is 9.59 Å². The number of hydrogen-bond donors (Lipinski definition) is 3. The summed E-state index contributed by atoms with van der Waals surface area (Å²) in [5, 5.41) is 12.3. The summed E-state index contributed by atoms with van der Waals surface area (Å²) >= 11 is 1.37. The van der Waals surface area contributed by atoms with Gasteiger partial charge < -0.3 is 20.2 Å². The summed E-state index contributed by atoms with van der Waals surface area (Å²) in [7, 11) is -3.81. The van der Waals surface area contributed by atoms with E-state index in [4.69, 9.17) is 4.84 Å². The van der Waals surface area contributed by atoms with Crippen LogP contribution in [0.5, 0.6) is 5.75 Å². The lowest BCUT2D eigenvalue weighted by atomic mass is 9.79. The monoisotopic (exact) mass is 751 g/mol. The number of unbranched alkanes of at least 4 members (excludes halogenated alkanes) is 3. The molecule has 0 aromatic heterocycles. The largest absolute Gasteiger partial charge is 0.480 e. The number of nitrogens with one attached hydrogen (secondary N) is 2. The molecule has 52 heavy (non-hydrogen) atoms. The first-order valence-corrected chi connectivity index (χ1v) is 21.2. The van der Waals surface area contributed by atoms with Crippen molar-refractivity contribution in [2.45, 2.75) is 107 Å². The molecule has 0 saturated carbocycles. The van der Waals surface area contributed by atoms with E-state index in [-0.39, 0.29) is 29.2 Å². The Balaban J connectivity index is 1.66. The van der Waals surface area contributed by atoms with Gasteiger partial charge >= 0.3 is 5.97 Å². The first kappa shape index (κ1) is 40.7. The number of fused-ring (bicyclic) bond motifs is 1. The number of sulfone groups is 1. The Bertz CT molecular complexity index is 1750. The predicted molar refractivity (Wildman–Crippen MR) is 207 cm³/mol. The zero-order valence-electron chi connectivity index (χ0n) is 30.7. The fourth-order valence-corrected chi connectivity index (χ4v) is 9.52. The van der Waals surface area contributed by atoms with Crippen LogP contribution in [0.2, 0.25) is 0 Å². The lowest BCUT2D eigenvalue weighted by Gasteiger charge is -2.37. The number of carboxylic acids is 1. The number of carbonyl (C=O) groups excluding carboxylic acids is 2. The fourth-order valence-electron chi connectivity index (χ4n) is 6.87. The summed E-state index contributed by atoms with van der Waals surface area (Å²) in [4.78, 5) is 47.5. The van der Waals surface area contributed by atoms with Gasteiger partial charge in [-0.05, 0) is 49.3 Å². The van der Waals surface area contributed by atoms with Gasteiger partial charge in [-0.25, -0.2) is 13.2 Å². The number of hydrogen-bond acceptors (Lipinski definition) is 8. The highest BCUT2D eigenvalue weighted by Crippen LogP contribution is 2.47. The molecule has 4 rings (SSSR count). The van der Waals surface area contributed by atoms with Crippen LogP contribution in [0.4, 0.5) is 11.4 Å². The number of para-hydroxylation sites is 1. The van der Waals surface area contributed by atoms with Crippen molar-refractivity contribution in [2.24, 2.45) is 5.41 Å². The number of benzene rings is 3. The van der Waals surface area contributed by atoms with E-state index < -0.39 is 45.0 Å². The number of anilines is 2. The number of carbonyl (C=O) groups is 3. The molecule has 0 aliphatic carbocycles. The lowest BCUT2D eigenvalue weighted by molar-refractivity contribution is -0.142. The van der Waals surface area contributed by atoms with E-state index in [0.29, 0.717) is 29.1 Å². The van der Waals surface area contributed by atoms with Crippen LogP contribution in [-0.4, -0.2) is 55.9 Å². The number of nitrogens with zero attached hydrogens (tertiary/aromatic N) is 1. The van der Waals surface area contributed by atoms with Gasteiger partial charge in [0.2, 0.25) is 5.91 Å². The first-order valence-electron chi connectivity index (χ1n) is 18.3. The van der Waals surface area contributed by atoms with E-state index in [1.54, 1.807) is 30.3 Å². The Morgan fingerprint density at radius 1 is 0.923 bits per heavy atom. The normalized spacial score (nSPS) is 15.8. The van der Waals surface area contributed by atoms with Crippen molar-refractivity contribution in [2.75, 3.05) is 23.5 Å². The van der Waals surface area contributed by atoms with Crippen LogP contribution in [0.3, 0.4) is 0 Å². The third kappa shape index (κ3) is 10.5. The molecule has 1 aliphatic rings. The van der Waals surface area contributed by atoms with Gasteiger partial charge in [0.1, 0.15) is 6.04 Å². The summed E-state index contributed by atoms with van der Waals surface area (Å²) in [6, 6.07) is 20.8. The van der Waals surface area contributed by atoms with E-state index in [2.05, 4.69) is 29.5 Å². The molecule has 2 atom stereocenters. The van der Waals surface area contributed by atoms with Gasteiger partial charge in [0.05, 0.1) is 27.1 Å². The van der Waals surface area contributed by atoms with Crippen molar-refractivity contribution in [1.29, 1.82) is 0 Å². The Morgan fingerprint density at radius 2 is 1.54 bits per heavy atom. The highest BCUT2D eigenvalue weighted by molar-refractivity contribution is 7.98. The number of amides is 2. The van der Waals surface area contributed by atoms with E-state index >= 15 is 0 Å². The molecule has 3 aromatic rings. The average Bonchev–Trinajstić information content (AvgIpc) is 3.24. The quantitative estimate of drug-likeness (QED) is 0.0820. The number of hydroxylamine groups is 1. The first-order chi connectivity index (χ1) is 25.0. The summed E-state index contributed by atoms with van der Waals surface area (Å²) in [5.74, 6) is -3.15. The minimum atomic E-state index is -3.81. The second-order valence-corrected chi connectivity index (χ2v) is 16.5. The topological polar surface area (TPSA) is 142 Å². The van der Waals surface area contributed by atoms with Crippen molar-refractivity contribution in [1.82, 2.24) is 10.8 Å². The molecule has 2 amide bonds. The predicted octanol–water partition coefficient (Wildman–Crippen LogP) is 8.04. The maximum atomic E-state index is 14.4. The minimum absolute atomic E-state index is 0.00417. The molecule has 1 aliphatic heterocycles. The van der Waals surface area contributed by atoms with E-state index in [0.717, 1.165) is 50.6 Å². The van der Waals surface area contributed by atoms with Gasteiger partial charge in [-0.15, -0.1) is 11.8 Å². The zero-order valence-corrected chi connectivity index (χ0v) is 32.4. The maximum absolute atomic E-state index is 14.4. The van der Waals surface area contributed by atoms with Crippen molar-refractivity contribution >= 4 is 50.8 Å². The average molecular weight is 752 g/mol. The zero-order chi connectivity index (χ0) is 37.7. The van der Waals surface area contributed by atoms with Crippen molar-refractivity contribution < 1.29 is 32.7 Å². The van der Waals surface area contributed by atoms with Gasteiger partial charge in [-0.1, -0.05) is 108 Å². The van der Waals surface area contributed by atoms with Crippen LogP contribution in [0.1, 0.15) is 96.5 Å². The van der Waals surface area contributed by atoms with Crippen LogP contribution in [0.15, 0.2) is 82.6 Å². The fraction of sp³-hybridized carbons (Fsp3) is 0.475. The van der Waals surface area contributed by atoms with Crippen molar-refractivity contribution in [3.63, 3.8) is 0 Å². The smallest absolute Gasteiger partial charge is 0.326 e. The highest BCUT2D eigenvalue weighted by Gasteiger charge is 2.42. The standard InChI is InChI=1S/C40H53N3O7S2/c1-5-8-21-32(39(46)47)41-38(45)31(29-17-13-11-14-18-29)24-37(44)42-50-34-26-36-33(25-35(34)51-4)43(30-19-15-12-16-20-30)27-40(22-9-6-2,23-10-7-3)28-52(36,48)49/h11-20,25-26,31-32H,5-10,21-24,27-28H2,1-4H3,(H,41,45)(H,42,44)(H,46,47). The summed E-state index contributed by atoms with van der Waals surface area (Å²) in [6.07, 6.45) is 8.54. The summed E-state index contributed by atoms with van der Waals surface area (Å²) in [5.41, 5.74) is 4.00. The van der Waals surface area contributed by atoms with E-state index in [1.807, 2.05) is 49.6 Å². The molecule has 282 valence electrons. The molecule has 0 radical (unpaired) electrons. The second-order valence-electron chi connectivity index (χ2n) is 13.7. The molecular formula is C40H53N3O7S2. The van der Waals surface area contributed by atoms with E-state index in [9.17, 15) is 27.9 Å². The van der Waals surface area contributed by atoms with Gasteiger partial charge in [0.25, 0.3) is 5.91 Å². The Labute approximate surface area is 313 Å². The Kier molecular flexibility index (Phi) is 15.0. The second kappa shape index (κ2) is 19.2. The summed E-state index contributed by atoms with van der Waals surface area (Å²) in [6.45, 7) is 6.74.